The third-order valence-corrected chi connectivity index (χ3v) is 5.39. The van der Waals surface area contributed by atoms with Crippen LogP contribution in [-0.4, -0.2) is 20.4 Å². The van der Waals surface area contributed by atoms with Crippen molar-refractivity contribution in [2.75, 3.05) is 17.1 Å². The van der Waals surface area contributed by atoms with Gasteiger partial charge in [-0.15, -0.1) is 0 Å². The van der Waals surface area contributed by atoms with Crippen LogP contribution >= 0.6 is 11.6 Å². The minimum Gasteiger partial charge on any atom is -0.421 e. The van der Waals surface area contributed by atoms with Gasteiger partial charge in [-0.3, -0.25) is 14.8 Å². The van der Waals surface area contributed by atoms with Gasteiger partial charge in [0.15, 0.2) is 5.69 Å². The predicted molar refractivity (Wildman–Crippen MR) is 101 cm³/mol. The molecule has 0 atom stereocenters. The minimum atomic E-state index is -4.32. The number of anilines is 2. The topological polar surface area (TPSA) is 132 Å². The number of nitrogens with one attached hydrogen (secondary N) is 2. The van der Waals surface area contributed by atoms with Gasteiger partial charge in [0.1, 0.15) is 10.6 Å². The summed E-state index contributed by atoms with van der Waals surface area (Å²) in [5.74, 6) is 0. The molecule has 0 spiro atoms. The van der Waals surface area contributed by atoms with Crippen LogP contribution in [0.3, 0.4) is 0 Å². The Morgan fingerprint density at radius 1 is 1.15 bits per heavy atom. The van der Waals surface area contributed by atoms with E-state index in [1.165, 1.54) is 7.05 Å². The zero-order valence-corrected chi connectivity index (χ0v) is 15.3. The second-order valence-corrected chi connectivity index (χ2v) is 7.45. The second kappa shape index (κ2) is 6.89. The first-order chi connectivity index (χ1) is 12.7. The lowest BCUT2D eigenvalue weighted by Crippen LogP contribution is -2.20. The average Bonchev–Trinajstić information content (AvgIpc) is 2.62. The lowest BCUT2D eigenvalue weighted by molar-refractivity contribution is -0.384. The van der Waals surface area contributed by atoms with E-state index in [0.29, 0.717) is 5.39 Å². The predicted octanol–water partition coefficient (Wildman–Crippen LogP) is 3.20. The summed E-state index contributed by atoms with van der Waals surface area (Å²) >= 11 is 5.71. The van der Waals surface area contributed by atoms with Gasteiger partial charge in [-0.2, -0.15) is 0 Å². The number of rotatable bonds is 5. The van der Waals surface area contributed by atoms with Crippen LogP contribution in [0, 0.1) is 10.1 Å². The molecule has 2 aromatic carbocycles. The SMILES string of the molecule is CNc1c(NS(=O)(=O)c2ccc(Cl)c([N+](=O)[O-])c2)c(=O)oc2ccccc12. The number of nitrogens with zero attached hydrogens (tertiary/aromatic N) is 1. The molecule has 2 N–H and O–H groups in total. The van der Waals surface area contributed by atoms with Crippen LogP contribution in [0.4, 0.5) is 17.1 Å². The molecule has 0 saturated heterocycles. The Balaban J connectivity index is 2.14. The largest absolute Gasteiger partial charge is 0.421 e. The summed E-state index contributed by atoms with van der Waals surface area (Å²) in [5.41, 5.74) is -1.33. The molecule has 0 radical (unpaired) electrons. The number of hydrogen-bond acceptors (Lipinski definition) is 7. The van der Waals surface area contributed by atoms with Crippen molar-refractivity contribution in [1.82, 2.24) is 0 Å². The van der Waals surface area contributed by atoms with Crippen LogP contribution in [0.2, 0.25) is 5.02 Å². The molecule has 0 aliphatic heterocycles. The van der Waals surface area contributed by atoms with E-state index in [9.17, 15) is 23.3 Å². The molecule has 1 heterocycles. The quantitative estimate of drug-likeness (QED) is 0.375. The van der Waals surface area contributed by atoms with Gasteiger partial charge in [-0.05, 0) is 24.3 Å². The number of nitro benzene ring substituents is 1. The molecule has 27 heavy (non-hydrogen) atoms. The van der Waals surface area contributed by atoms with Gasteiger partial charge in [-0.25, -0.2) is 13.2 Å². The maximum atomic E-state index is 12.7. The molecule has 9 nitrogen and oxygen atoms in total. The van der Waals surface area contributed by atoms with Crippen molar-refractivity contribution in [3.8, 4) is 0 Å². The van der Waals surface area contributed by atoms with E-state index < -0.39 is 31.2 Å². The summed E-state index contributed by atoms with van der Waals surface area (Å²) in [7, 11) is -2.80. The summed E-state index contributed by atoms with van der Waals surface area (Å²) < 4.78 is 32.6. The molecular weight excluding hydrogens is 398 g/mol. The van der Waals surface area contributed by atoms with E-state index in [4.69, 9.17) is 16.0 Å². The van der Waals surface area contributed by atoms with E-state index in [2.05, 4.69) is 10.0 Å². The van der Waals surface area contributed by atoms with Crippen LogP contribution < -0.4 is 15.7 Å². The Morgan fingerprint density at radius 2 is 1.85 bits per heavy atom. The molecule has 0 unspecified atom stereocenters. The summed E-state index contributed by atoms with van der Waals surface area (Å²) in [6.45, 7) is 0. The zero-order chi connectivity index (χ0) is 19.8. The number of sulfonamides is 1. The van der Waals surface area contributed by atoms with Gasteiger partial charge in [0.2, 0.25) is 0 Å². The highest BCUT2D eigenvalue weighted by Crippen LogP contribution is 2.31. The molecular formula is C16H12ClN3O6S. The van der Waals surface area contributed by atoms with E-state index in [1.807, 2.05) is 0 Å². The van der Waals surface area contributed by atoms with Crippen LogP contribution in [-0.2, 0) is 10.0 Å². The van der Waals surface area contributed by atoms with E-state index in [1.54, 1.807) is 24.3 Å². The lowest BCUT2D eigenvalue weighted by atomic mass is 10.2. The third kappa shape index (κ3) is 3.44. The van der Waals surface area contributed by atoms with Crippen LogP contribution in [0.25, 0.3) is 11.0 Å². The monoisotopic (exact) mass is 409 g/mol. The van der Waals surface area contributed by atoms with Gasteiger partial charge in [0, 0.05) is 18.5 Å². The summed E-state index contributed by atoms with van der Waals surface area (Å²) in [4.78, 5) is 22.1. The molecule has 0 saturated carbocycles. The number of para-hydroxylation sites is 1. The highest BCUT2D eigenvalue weighted by molar-refractivity contribution is 7.92. The molecule has 11 heteroatoms. The Kier molecular flexibility index (Phi) is 4.77. The van der Waals surface area contributed by atoms with Crippen LogP contribution in [0.15, 0.2) is 56.6 Å². The molecule has 3 aromatic rings. The first-order valence-corrected chi connectivity index (χ1v) is 9.31. The molecule has 0 bridgehead atoms. The van der Waals surface area contributed by atoms with Crippen molar-refractivity contribution in [3.63, 3.8) is 0 Å². The molecule has 0 aliphatic rings. The second-order valence-electron chi connectivity index (χ2n) is 5.36. The highest BCUT2D eigenvalue weighted by Gasteiger charge is 2.24. The van der Waals surface area contributed by atoms with Gasteiger partial charge in [0.25, 0.3) is 15.7 Å². The first-order valence-electron chi connectivity index (χ1n) is 7.45. The third-order valence-electron chi connectivity index (χ3n) is 3.72. The zero-order valence-electron chi connectivity index (χ0n) is 13.7. The Hall–Kier alpha value is -3.11. The summed E-state index contributed by atoms with van der Waals surface area (Å²) in [6.07, 6.45) is 0. The Labute approximate surface area is 157 Å². The van der Waals surface area contributed by atoms with Crippen molar-refractivity contribution >= 4 is 49.7 Å². The number of hydrogen-bond donors (Lipinski definition) is 2. The van der Waals surface area contributed by atoms with E-state index in [-0.39, 0.29) is 22.0 Å². The van der Waals surface area contributed by atoms with Crippen molar-refractivity contribution in [3.05, 3.63) is 68.0 Å². The van der Waals surface area contributed by atoms with Gasteiger partial charge in [-0.1, -0.05) is 23.7 Å². The molecule has 0 fully saturated rings. The van der Waals surface area contributed by atoms with Crippen molar-refractivity contribution in [2.45, 2.75) is 4.90 Å². The molecule has 3 rings (SSSR count). The van der Waals surface area contributed by atoms with Crippen molar-refractivity contribution in [2.24, 2.45) is 0 Å². The maximum Gasteiger partial charge on any atom is 0.363 e. The molecule has 0 amide bonds. The highest BCUT2D eigenvalue weighted by atomic mass is 35.5. The fourth-order valence-electron chi connectivity index (χ4n) is 2.50. The van der Waals surface area contributed by atoms with Crippen molar-refractivity contribution < 1.29 is 17.8 Å². The summed E-state index contributed by atoms with van der Waals surface area (Å²) in [6, 6.07) is 9.58. The fraction of sp³-hybridized carbons (Fsp3) is 0.0625. The molecule has 0 aliphatic carbocycles. The average molecular weight is 410 g/mol. The van der Waals surface area contributed by atoms with Crippen LogP contribution in [0.5, 0.6) is 0 Å². The van der Waals surface area contributed by atoms with Crippen LogP contribution in [0.1, 0.15) is 0 Å². The Bertz CT molecular complexity index is 1220. The van der Waals surface area contributed by atoms with Gasteiger partial charge in [0.05, 0.1) is 15.5 Å². The minimum absolute atomic E-state index is 0.208. The number of benzene rings is 2. The lowest BCUT2D eigenvalue weighted by Gasteiger charge is -2.13. The van der Waals surface area contributed by atoms with Gasteiger partial charge < -0.3 is 9.73 Å². The normalized spacial score (nSPS) is 11.3. The fourth-order valence-corrected chi connectivity index (χ4v) is 3.77. The maximum absolute atomic E-state index is 12.7. The van der Waals surface area contributed by atoms with E-state index in [0.717, 1.165) is 18.2 Å². The number of fused-ring (bicyclic) bond motifs is 1. The molecule has 140 valence electrons. The summed E-state index contributed by atoms with van der Waals surface area (Å²) in [5, 5.41) is 14.0. The smallest absolute Gasteiger partial charge is 0.363 e. The molecule has 1 aromatic heterocycles. The number of nitro groups is 1. The standard InChI is InChI=1S/C16H12ClN3O6S/c1-18-14-10-4-2-3-5-13(10)26-16(21)15(14)19-27(24,25)9-6-7-11(17)12(8-9)20(22)23/h2-8,18-19H,1H3. The first kappa shape index (κ1) is 18.7. The van der Waals surface area contributed by atoms with Crippen molar-refractivity contribution in [1.29, 1.82) is 0 Å². The number of halogens is 1. The van der Waals surface area contributed by atoms with Gasteiger partial charge >= 0.3 is 5.63 Å². The Morgan fingerprint density at radius 3 is 2.52 bits per heavy atom. The van der Waals surface area contributed by atoms with E-state index >= 15 is 0 Å².